The molecule has 0 aromatic carbocycles. The third kappa shape index (κ3) is 2.39. The number of carbonyl (C=O) groups excluding carboxylic acids is 1. The number of hydrogen-bond acceptors (Lipinski definition) is 6. The van der Waals surface area contributed by atoms with Gasteiger partial charge < -0.3 is 9.84 Å². The molecule has 0 radical (unpaired) electrons. The van der Waals surface area contributed by atoms with Crippen LogP contribution in [0.3, 0.4) is 0 Å². The van der Waals surface area contributed by atoms with Crippen molar-refractivity contribution in [1.29, 1.82) is 0 Å². The van der Waals surface area contributed by atoms with E-state index >= 15 is 0 Å². The van der Waals surface area contributed by atoms with Gasteiger partial charge in [0, 0.05) is 7.11 Å². The number of aromatic nitrogens is 3. The standard InChI is InChI=1S/C8H10N4O4S/c1-16-3-5-9-10-8-12(5)11-7(15)4(17-8)2-6(13)14/h4H,2-3H2,1H3,(H,11,15)(H,13,14). The minimum Gasteiger partial charge on any atom is -0.481 e. The number of carboxylic acid groups (broad SMARTS) is 1. The van der Waals surface area contributed by atoms with Crippen molar-refractivity contribution in [2.45, 2.75) is 23.4 Å². The van der Waals surface area contributed by atoms with Crippen LogP contribution in [0.1, 0.15) is 12.2 Å². The molecule has 2 N–H and O–H groups in total. The van der Waals surface area contributed by atoms with Gasteiger partial charge in [0.05, 0.1) is 6.42 Å². The largest absolute Gasteiger partial charge is 0.481 e. The van der Waals surface area contributed by atoms with Crippen molar-refractivity contribution in [2.24, 2.45) is 0 Å². The molecule has 0 saturated heterocycles. The quantitative estimate of drug-likeness (QED) is 0.745. The number of aliphatic carboxylic acids is 1. The Morgan fingerprint density at radius 1 is 1.65 bits per heavy atom. The van der Waals surface area contributed by atoms with E-state index in [4.69, 9.17) is 9.84 Å². The highest BCUT2D eigenvalue weighted by Crippen LogP contribution is 2.28. The Morgan fingerprint density at radius 2 is 2.41 bits per heavy atom. The lowest BCUT2D eigenvalue weighted by Gasteiger charge is -2.21. The maximum atomic E-state index is 11.6. The molecule has 1 unspecified atom stereocenters. The van der Waals surface area contributed by atoms with Gasteiger partial charge in [0.25, 0.3) is 5.91 Å². The highest BCUT2D eigenvalue weighted by Gasteiger charge is 2.31. The fourth-order valence-corrected chi connectivity index (χ4v) is 2.35. The number of rotatable bonds is 4. The first-order valence-corrected chi connectivity index (χ1v) is 5.62. The zero-order chi connectivity index (χ0) is 12.4. The Labute approximate surface area is 100 Å². The molecule has 9 heteroatoms. The zero-order valence-corrected chi connectivity index (χ0v) is 9.73. The Morgan fingerprint density at radius 3 is 3.06 bits per heavy atom. The second-order valence-corrected chi connectivity index (χ2v) is 4.52. The van der Waals surface area contributed by atoms with Crippen LogP contribution in [0.2, 0.25) is 0 Å². The number of amides is 1. The molecule has 2 rings (SSSR count). The first-order valence-electron chi connectivity index (χ1n) is 4.74. The summed E-state index contributed by atoms with van der Waals surface area (Å²) in [6.45, 7) is 0.220. The van der Waals surface area contributed by atoms with Crippen molar-refractivity contribution in [3.63, 3.8) is 0 Å². The smallest absolute Gasteiger partial charge is 0.305 e. The highest BCUT2D eigenvalue weighted by atomic mass is 32.2. The molecule has 8 nitrogen and oxygen atoms in total. The lowest BCUT2D eigenvalue weighted by molar-refractivity contribution is -0.138. The summed E-state index contributed by atoms with van der Waals surface area (Å²) in [6, 6.07) is 0. The number of ether oxygens (including phenoxy) is 1. The molecule has 1 aromatic heterocycles. The number of nitrogens with one attached hydrogen (secondary N) is 1. The number of thioether (sulfide) groups is 1. The van der Waals surface area contributed by atoms with E-state index in [9.17, 15) is 9.59 Å². The summed E-state index contributed by atoms with van der Waals surface area (Å²) in [5.74, 6) is -0.929. The highest BCUT2D eigenvalue weighted by molar-refractivity contribution is 8.00. The predicted octanol–water partition coefficient (Wildman–Crippen LogP) is -0.556. The van der Waals surface area contributed by atoms with Gasteiger partial charge in [-0.15, -0.1) is 10.2 Å². The monoisotopic (exact) mass is 258 g/mol. The predicted molar refractivity (Wildman–Crippen MR) is 57.0 cm³/mol. The molecule has 0 aliphatic carbocycles. The summed E-state index contributed by atoms with van der Waals surface area (Å²) in [5, 5.41) is 16.1. The lowest BCUT2D eigenvalue weighted by Crippen LogP contribution is -2.38. The van der Waals surface area contributed by atoms with Gasteiger partial charge in [-0.3, -0.25) is 15.0 Å². The average Bonchev–Trinajstić information content (AvgIpc) is 2.62. The first kappa shape index (κ1) is 11.9. The molecule has 1 atom stereocenters. The van der Waals surface area contributed by atoms with Crippen LogP contribution in [-0.4, -0.2) is 44.2 Å². The van der Waals surface area contributed by atoms with Crippen molar-refractivity contribution in [1.82, 2.24) is 14.9 Å². The number of carbonyl (C=O) groups is 2. The van der Waals surface area contributed by atoms with Crippen LogP contribution in [0.4, 0.5) is 0 Å². The molecule has 1 aliphatic heterocycles. The number of nitrogens with zero attached hydrogens (tertiary/aromatic N) is 3. The van der Waals surface area contributed by atoms with Gasteiger partial charge in [-0.2, -0.15) is 0 Å². The summed E-state index contributed by atoms with van der Waals surface area (Å²) in [7, 11) is 1.51. The van der Waals surface area contributed by atoms with E-state index in [1.807, 2.05) is 0 Å². The van der Waals surface area contributed by atoms with Crippen LogP contribution in [0.15, 0.2) is 5.16 Å². The van der Waals surface area contributed by atoms with Gasteiger partial charge in [-0.1, -0.05) is 11.8 Å². The average molecular weight is 258 g/mol. The summed E-state index contributed by atoms with van der Waals surface area (Å²) in [5.41, 5.74) is 2.54. The van der Waals surface area contributed by atoms with Gasteiger partial charge in [0.1, 0.15) is 11.9 Å². The molecule has 0 bridgehead atoms. The second-order valence-electron chi connectivity index (χ2n) is 3.35. The van der Waals surface area contributed by atoms with Gasteiger partial charge >= 0.3 is 5.97 Å². The minimum atomic E-state index is -1.03. The molecular formula is C8H10N4O4S. The molecule has 0 saturated carbocycles. The van der Waals surface area contributed by atoms with E-state index in [0.717, 1.165) is 11.8 Å². The molecule has 1 aliphatic rings. The first-order chi connectivity index (χ1) is 8.11. The Balaban J connectivity index is 2.19. The van der Waals surface area contributed by atoms with Crippen LogP contribution in [0.5, 0.6) is 0 Å². The summed E-state index contributed by atoms with van der Waals surface area (Å²) < 4.78 is 6.31. The lowest BCUT2D eigenvalue weighted by atomic mass is 10.3. The number of carboxylic acids is 1. The topological polar surface area (TPSA) is 106 Å². The van der Waals surface area contributed by atoms with Crippen LogP contribution >= 0.6 is 11.8 Å². The van der Waals surface area contributed by atoms with Gasteiger partial charge in [0.15, 0.2) is 5.82 Å². The Bertz CT molecular complexity index is 460. The third-order valence-electron chi connectivity index (χ3n) is 2.10. The molecule has 0 spiro atoms. The zero-order valence-electron chi connectivity index (χ0n) is 8.91. The SMILES string of the molecule is COCc1nnc2n1NC(=O)C(CC(=O)O)S2. The normalized spacial score (nSPS) is 18.6. The van der Waals surface area contributed by atoms with Crippen molar-refractivity contribution in [2.75, 3.05) is 12.5 Å². The number of methoxy groups -OCH3 is 1. The third-order valence-corrected chi connectivity index (χ3v) is 3.24. The van der Waals surface area contributed by atoms with E-state index in [1.54, 1.807) is 0 Å². The van der Waals surface area contributed by atoms with Crippen LogP contribution < -0.4 is 5.43 Å². The Hall–Kier alpha value is -1.61. The second kappa shape index (κ2) is 4.72. The van der Waals surface area contributed by atoms with E-state index in [-0.39, 0.29) is 18.9 Å². The fourth-order valence-electron chi connectivity index (χ4n) is 1.37. The van der Waals surface area contributed by atoms with E-state index < -0.39 is 11.2 Å². The van der Waals surface area contributed by atoms with Gasteiger partial charge in [-0.05, 0) is 0 Å². The summed E-state index contributed by atoms with van der Waals surface area (Å²) in [4.78, 5) is 22.2. The molecule has 17 heavy (non-hydrogen) atoms. The molecule has 2 heterocycles. The maximum Gasteiger partial charge on any atom is 0.305 e. The molecule has 1 aromatic rings. The van der Waals surface area contributed by atoms with Crippen LogP contribution in [-0.2, 0) is 20.9 Å². The van der Waals surface area contributed by atoms with Gasteiger partial charge in [-0.25, -0.2) is 4.68 Å². The summed E-state index contributed by atoms with van der Waals surface area (Å²) in [6.07, 6.45) is -0.247. The van der Waals surface area contributed by atoms with E-state index in [0.29, 0.717) is 11.0 Å². The fraction of sp³-hybridized carbons (Fsp3) is 0.500. The summed E-state index contributed by atoms with van der Waals surface area (Å²) >= 11 is 1.08. The van der Waals surface area contributed by atoms with Crippen molar-refractivity contribution < 1.29 is 19.4 Å². The molecule has 1 amide bonds. The van der Waals surface area contributed by atoms with E-state index in [1.165, 1.54) is 11.8 Å². The van der Waals surface area contributed by atoms with Gasteiger partial charge in [0.2, 0.25) is 5.16 Å². The van der Waals surface area contributed by atoms with Crippen LogP contribution in [0, 0.1) is 0 Å². The molecular weight excluding hydrogens is 248 g/mol. The van der Waals surface area contributed by atoms with Crippen molar-refractivity contribution in [3.8, 4) is 0 Å². The van der Waals surface area contributed by atoms with Crippen molar-refractivity contribution >= 4 is 23.6 Å². The molecule has 92 valence electrons. The minimum absolute atomic E-state index is 0.220. The number of fused-ring (bicyclic) bond motifs is 1. The Kier molecular flexibility index (Phi) is 3.29. The number of hydrogen-bond donors (Lipinski definition) is 2. The molecule has 0 fully saturated rings. The van der Waals surface area contributed by atoms with Crippen molar-refractivity contribution in [3.05, 3.63) is 5.82 Å². The van der Waals surface area contributed by atoms with Crippen LogP contribution in [0.25, 0.3) is 0 Å². The maximum absolute atomic E-state index is 11.6. The van der Waals surface area contributed by atoms with E-state index in [2.05, 4.69) is 15.6 Å².